The number of aromatic nitrogens is 3. The second-order valence-corrected chi connectivity index (χ2v) is 8.64. The lowest BCUT2D eigenvalue weighted by atomic mass is 10.2. The highest BCUT2D eigenvalue weighted by molar-refractivity contribution is 7.90. The number of hydrogen-bond donors (Lipinski definition) is 1. The molecule has 0 radical (unpaired) electrons. The normalized spacial score (nSPS) is 11.7. The summed E-state index contributed by atoms with van der Waals surface area (Å²) in [5, 5.41) is 3.02. The molecule has 0 unspecified atom stereocenters. The first-order valence-corrected chi connectivity index (χ1v) is 10.5. The molecule has 2 aromatic carbocycles. The largest absolute Gasteiger partial charge is 0.364 e. The van der Waals surface area contributed by atoms with E-state index >= 15 is 0 Å². The number of nitrogens with zero attached hydrogens (tertiary/aromatic N) is 3. The molecule has 2 aromatic heterocycles. The Morgan fingerprint density at radius 3 is 2.59 bits per heavy atom. The monoisotopic (exact) mass is 430 g/mol. The molecule has 0 amide bonds. The third kappa shape index (κ3) is 3.81. The van der Waals surface area contributed by atoms with Gasteiger partial charge in [0.1, 0.15) is 11.3 Å². The molecule has 0 spiro atoms. The van der Waals surface area contributed by atoms with Gasteiger partial charge in [0.25, 0.3) is 10.0 Å². The minimum atomic E-state index is -3.87. The Hall–Kier alpha value is -2.97. The maximum atomic E-state index is 13.4. The van der Waals surface area contributed by atoms with Crippen LogP contribution >= 0.6 is 11.6 Å². The van der Waals surface area contributed by atoms with Crippen LogP contribution in [0.1, 0.15) is 11.1 Å². The van der Waals surface area contributed by atoms with Crippen LogP contribution in [0.4, 0.5) is 10.2 Å². The fraction of sp³-hybridized carbons (Fsp3) is 0.100. The molecule has 0 saturated carbocycles. The molecule has 0 saturated heterocycles. The van der Waals surface area contributed by atoms with E-state index in [9.17, 15) is 12.8 Å². The minimum Gasteiger partial charge on any atom is -0.364 e. The van der Waals surface area contributed by atoms with E-state index in [0.29, 0.717) is 11.1 Å². The van der Waals surface area contributed by atoms with E-state index in [1.165, 1.54) is 18.3 Å². The molecule has 0 aliphatic heterocycles. The van der Waals surface area contributed by atoms with Crippen molar-refractivity contribution in [3.63, 3.8) is 0 Å². The van der Waals surface area contributed by atoms with E-state index in [1.807, 2.05) is 6.92 Å². The van der Waals surface area contributed by atoms with E-state index in [1.54, 1.807) is 42.5 Å². The van der Waals surface area contributed by atoms with E-state index in [4.69, 9.17) is 11.6 Å². The molecular formula is C20H16ClFN4O2S. The number of anilines is 1. The topological polar surface area (TPSA) is 76.9 Å². The van der Waals surface area contributed by atoms with Crippen LogP contribution in [0.3, 0.4) is 0 Å². The molecule has 1 N–H and O–H groups in total. The lowest BCUT2D eigenvalue weighted by molar-refractivity contribution is 0.589. The molecule has 4 aromatic rings. The van der Waals surface area contributed by atoms with Crippen molar-refractivity contribution in [3.8, 4) is 0 Å². The van der Waals surface area contributed by atoms with Gasteiger partial charge in [0.15, 0.2) is 5.82 Å². The second kappa shape index (κ2) is 7.46. The Balaban J connectivity index is 1.79. The highest BCUT2D eigenvalue weighted by Gasteiger charge is 2.22. The zero-order chi connectivity index (χ0) is 20.6. The summed E-state index contributed by atoms with van der Waals surface area (Å²) < 4.78 is 40.9. The summed E-state index contributed by atoms with van der Waals surface area (Å²) in [5.41, 5.74) is 2.27. The molecular weight excluding hydrogens is 415 g/mol. The van der Waals surface area contributed by atoms with Gasteiger partial charge in [0, 0.05) is 12.7 Å². The van der Waals surface area contributed by atoms with E-state index in [0.717, 1.165) is 9.54 Å². The zero-order valence-electron chi connectivity index (χ0n) is 15.3. The van der Waals surface area contributed by atoms with Gasteiger partial charge in [-0.1, -0.05) is 29.8 Å². The highest BCUT2D eigenvalue weighted by atomic mass is 35.5. The van der Waals surface area contributed by atoms with Crippen molar-refractivity contribution in [2.45, 2.75) is 18.4 Å². The minimum absolute atomic E-state index is 0.0234. The molecule has 0 aliphatic rings. The molecule has 0 aliphatic carbocycles. The van der Waals surface area contributed by atoms with Gasteiger partial charge >= 0.3 is 0 Å². The Morgan fingerprint density at radius 1 is 1.10 bits per heavy atom. The Kier molecular flexibility index (Phi) is 4.97. The smallest absolute Gasteiger partial charge is 0.268 e. The molecule has 0 bridgehead atoms. The second-order valence-electron chi connectivity index (χ2n) is 6.49. The Labute approximate surface area is 172 Å². The quantitative estimate of drug-likeness (QED) is 0.475. The SMILES string of the molecule is Cc1ccc(S(=O)(=O)n2ccc3nc(Cl)nc(NCc4cccc(F)c4)c32)cc1. The summed E-state index contributed by atoms with van der Waals surface area (Å²) in [7, 11) is -3.87. The average molecular weight is 431 g/mol. The maximum absolute atomic E-state index is 13.4. The molecule has 29 heavy (non-hydrogen) atoms. The number of nitrogens with one attached hydrogen (secondary N) is 1. The number of halogens is 2. The number of hydrogen-bond acceptors (Lipinski definition) is 5. The van der Waals surface area contributed by atoms with Crippen LogP contribution in [0, 0.1) is 12.7 Å². The van der Waals surface area contributed by atoms with Gasteiger partial charge in [-0.3, -0.25) is 0 Å². The van der Waals surface area contributed by atoms with Crippen LogP contribution in [0.15, 0.2) is 65.7 Å². The lowest BCUT2D eigenvalue weighted by Crippen LogP contribution is -2.14. The first kappa shape index (κ1) is 19.4. The Bertz CT molecular complexity index is 1300. The third-order valence-electron chi connectivity index (χ3n) is 4.40. The number of fused-ring (bicyclic) bond motifs is 1. The van der Waals surface area contributed by atoms with Crippen LogP contribution in [0.5, 0.6) is 0 Å². The number of benzene rings is 2. The summed E-state index contributed by atoms with van der Waals surface area (Å²) >= 11 is 6.01. The zero-order valence-corrected chi connectivity index (χ0v) is 16.9. The molecule has 0 atom stereocenters. The van der Waals surface area contributed by atoms with E-state index < -0.39 is 10.0 Å². The summed E-state index contributed by atoms with van der Waals surface area (Å²) in [6, 6.07) is 14.2. The van der Waals surface area contributed by atoms with Gasteiger partial charge in [-0.05, 0) is 54.4 Å². The average Bonchev–Trinajstić information content (AvgIpc) is 3.11. The molecule has 6 nitrogen and oxygen atoms in total. The van der Waals surface area contributed by atoms with Gasteiger partial charge in [0.05, 0.1) is 10.4 Å². The molecule has 9 heteroatoms. The summed E-state index contributed by atoms with van der Waals surface area (Å²) in [6.45, 7) is 2.11. The predicted octanol–water partition coefficient (Wildman–Crippen LogP) is 4.38. The molecule has 148 valence electrons. The van der Waals surface area contributed by atoms with Crippen molar-refractivity contribution in [2.75, 3.05) is 5.32 Å². The number of rotatable bonds is 5. The predicted molar refractivity (Wildman–Crippen MR) is 110 cm³/mol. The molecule has 4 rings (SSSR count). The maximum Gasteiger partial charge on any atom is 0.268 e. The van der Waals surface area contributed by atoms with Gasteiger partial charge in [-0.15, -0.1) is 0 Å². The van der Waals surface area contributed by atoms with Crippen LogP contribution < -0.4 is 5.32 Å². The van der Waals surface area contributed by atoms with Gasteiger partial charge in [-0.2, -0.15) is 4.98 Å². The Morgan fingerprint density at radius 2 is 1.86 bits per heavy atom. The van der Waals surface area contributed by atoms with Crippen LogP contribution in [0.25, 0.3) is 11.0 Å². The third-order valence-corrected chi connectivity index (χ3v) is 6.26. The van der Waals surface area contributed by atoms with Gasteiger partial charge < -0.3 is 5.32 Å². The number of aryl methyl sites for hydroxylation is 1. The first-order chi connectivity index (χ1) is 13.8. The standard InChI is InChI=1S/C20H16ClFN4O2S/c1-13-5-7-16(8-6-13)29(27,28)26-10-9-17-18(26)19(25-20(21)24-17)23-12-14-3-2-4-15(22)11-14/h2-11H,12H2,1H3,(H,23,24,25). The first-order valence-electron chi connectivity index (χ1n) is 8.70. The van der Waals surface area contributed by atoms with Crippen LogP contribution in [-0.4, -0.2) is 22.4 Å². The molecule has 0 fully saturated rings. The fourth-order valence-corrected chi connectivity index (χ4v) is 4.49. The molecule has 2 heterocycles. The van der Waals surface area contributed by atoms with Crippen molar-refractivity contribution < 1.29 is 12.8 Å². The summed E-state index contributed by atoms with van der Waals surface area (Å²) in [6.07, 6.45) is 1.41. The van der Waals surface area contributed by atoms with Crippen molar-refractivity contribution in [1.29, 1.82) is 0 Å². The van der Waals surface area contributed by atoms with Crippen molar-refractivity contribution in [3.05, 3.63) is 83.0 Å². The summed E-state index contributed by atoms with van der Waals surface area (Å²) in [5.74, 6) is -0.120. The highest BCUT2D eigenvalue weighted by Crippen LogP contribution is 2.28. The summed E-state index contributed by atoms with van der Waals surface area (Å²) in [4.78, 5) is 8.42. The van der Waals surface area contributed by atoms with Gasteiger partial charge in [0.2, 0.25) is 5.28 Å². The van der Waals surface area contributed by atoms with Crippen LogP contribution in [0.2, 0.25) is 5.28 Å². The van der Waals surface area contributed by atoms with Crippen molar-refractivity contribution in [1.82, 2.24) is 13.9 Å². The fourth-order valence-electron chi connectivity index (χ4n) is 2.97. The lowest BCUT2D eigenvalue weighted by Gasteiger charge is -2.12. The van der Waals surface area contributed by atoms with Gasteiger partial charge in [-0.25, -0.2) is 21.8 Å². The van der Waals surface area contributed by atoms with Crippen molar-refractivity contribution in [2.24, 2.45) is 0 Å². The van der Waals surface area contributed by atoms with E-state index in [-0.39, 0.29) is 33.9 Å². The van der Waals surface area contributed by atoms with Crippen LogP contribution in [-0.2, 0) is 16.6 Å². The van der Waals surface area contributed by atoms with Crippen molar-refractivity contribution >= 4 is 38.5 Å². The van der Waals surface area contributed by atoms with E-state index in [2.05, 4.69) is 15.3 Å².